The number of ether oxygens (including phenoxy) is 1. The molecule has 0 aliphatic heterocycles. The second-order valence-corrected chi connectivity index (χ2v) is 3.34. The Hall–Kier alpha value is -1.61. The molecule has 0 heterocycles. The molecule has 0 fully saturated rings. The van der Waals surface area contributed by atoms with E-state index in [-0.39, 0.29) is 6.61 Å². The molecule has 0 spiro atoms. The molecule has 0 radical (unpaired) electrons. The first-order valence-electron chi connectivity index (χ1n) is 5.05. The van der Waals surface area contributed by atoms with Gasteiger partial charge in [0.1, 0.15) is 6.61 Å². The number of carbonyl (C=O) groups excluding carboxylic acids is 1. The van der Waals surface area contributed by atoms with Crippen LogP contribution < -0.4 is 0 Å². The number of benzene rings is 1. The second kappa shape index (κ2) is 8.68. The van der Waals surface area contributed by atoms with E-state index in [1.165, 1.54) is 12.5 Å². The van der Waals surface area contributed by atoms with Gasteiger partial charge in [0, 0.05) is 6.08 Å². The average molecular weight is 222 g/mol. The predicted octanol–water partition coefficient (Wildman–Crippen LogP) is 2.09. The molecule has 1 aromatic carbocycles. The van der Waals surface area contributed by atoms with E-state index in [0.717, 1.165) is 6.08 Å². The van der Waals surface area contributed by atoms with E-state index in [1.54, 1.807) is 0 Å². The first kappa shape index (κ1) is 14.4. The lowest BCUT2D eigenvalue weighted by atomic mass is 10.2. The van der Waals surface area contributed by atoms with Gasteiger partial charge in [-0.15, -0.1) is 0 Å². The fourth-order valence-electron chi connectivity index (χ4n) is 0.796. The maximum atomic E-state index is 10.3. The molecule has 1 atom stereocenters. The Bertz CT molecular complexity index is 304. The van der Waals surface area contributed by atoms with Crippen LogP contribution in [0.15, 0.2) is 43.0 Å². The van der Waals surface area contributed by atoms with E-state index < -0.39 is 12.1 Å². The van der Waals surface area contributed by atoms with E-state index >= 15 is 0 Å². The summed E-state index contributed by atoms with van der Waals surface area (Å²) in [5.41, 5.74) is 1.32. The third-order valence-electron chi connectivity index (χ3n) is 1.57. The summed E-state index contributed by atoms with van der Waals surface area (Å²) in [5, 5.41) is 8.59. The lowest BCUT2D eigenvalue weighted by molar-refractivity contribution is -0.140. The Morgan fingerprint density at radius 1 is 1.50 bits per heavy atom. The van der Waals surface area contributed by atoms with Gasteiger partial charge in [-0.25, -0.2) is 4.79 Å². The van der Waals surface area contributed by atoms with Crippen LogP contribution in [0.1, 0.15) is 12.5 Å². The summed E-state index contributed by atoms with van der Waals surface area (Å²) in [6.45, 7) is 6.84. The molecule has 0 bridgehead atoms. The summed E-state index contributed by atoms with van der Waals surface area (Å²) in [4.78, 5) is 10.3. The van der Waals surface area contributed by atoms with Crippen molar-refractivity contribution in [3.63, 3.8) is 0 Å². The molecule has 1 rings (SSSR count). The van der Waals surface area contributed by atoms with Gasteiger partial charge in [-0.05, 0) is 13.8 Å². The summed E-state index contributed by atoms with van der Waals surface area (Å²) in [7, 11) is 0. The zero-order valence-electron chi connectivity index (χ0n) is 9.72. The number of esters is 1. The topological polar surface area (TPSA) is 46.5 Å². The van der Waals surface area contributed by atoms with Crippen molar-refractivity contribution in [1.82, 2.24) is 0 Å². The van der Waals surface area contributed by atoms with Crippen LogP contribution in [-0.4, -0.2) is 23.8 Å². The molecule has 16 heavy (non-hydrogen) atoms. The Morgan fingerprint density at radius 2 is 2.06 bits per heavy atom. The first-order chi connectivity index (χ1) is 7.56. The number of carbonyl (C=O) groups is 1. The lowest BCUT2D eigenvalue weighted by Crippen LogP contribution is -2.13. The smallest absolute Gasteiger partial charge is 0.330 e. The van der Waals surface area contributed by atoms with Gasteiger partial charge in [-0.1, -0.05) is 42.5 Å². The molecule has 0 amide bonds. The summed E-state index contributed by atoms with van der Waals surface area (Å²) < 4.78 is 4.45. The molecule has 1 aromatic rings. The van der Waals surface area contributed by atoms with Crippen molar-refractivity contribution in [2.45, 2.75) is 20.0 Å². The van der Waals surface area contributed by atoms with E-state index in [2.05, 4.69) is 30.4 Å². The number of aliphatic hydroxyl groups excluding tert-OH is 1. The normalized spacial score (nSPS) is 10.7. The molecule has 0 saturated heterocycles. The van der Waals surface area contributed by atoms with Gasteiger partial charge in [-0.2, -0.15) is 0 Å². The molecule has 88 valence electrons. The molecule has 1 N–H and O–H groups in total. The molecule has 3 heteroatoms. The third-order valence-corrected chi connectivity index (χ3v) is 1.57. The van der Waals surface area contributed by atoms with E-state index in [4.69, 9.17) is 5.11 Å². The van der Waals surface area contributed by atoms with Crippen LogP contribution in [0.2, 0.25) is 0 Å². The maximum Gasteiger partial charge on any atom is 0.330 e. The van der Waals surface area contributed by atoms with Crippen LogP contribution in [0.3, 0.4) is 0 Å². The molecule has 0 aliphatic carbocycles. The Morgan fingerprint density at radius 3 is 2.38 bits per heavy atom. The van der Waals surface area contributed by atoms with Gasteiger partial charge in [0.2, 0.25) is 0 Å². The van der Waals surface area contributed by atoms with E-state index in [1.807, 2.05) is 18.2 Å². The van der Waals surface area contributed by atoms with Gasteiger partial charge in [0.05, 0.1) is 6.10 Å². The van der Waals surface area contributed by atoms with Gasteiger partial charge >= 0.3 is 5.97 Å². The largest absolute Gasteiger partial charge is 0.460 e. The van der Waals surface area contributed by atoms with E-state index in [9.17, 15) is 4.79 Å². The molecule has 1 unspecified atom stereocenters. The highest BCUT2D eigenvalue weighted by atomic mass is 16.5. The van der Waals surface area contributed by atoms with Gasteiger partial charge < -0.3 is 9.84 Å². The average Bonchev–Trinajstić information content (AvgIpc) is 2.27. The zero-order valence-corrected chi connectivity index (χ0v) is 9.72. The zero-order chi connectivity index (χ0) is 12.4. The number of hydrogen-bond donors (Lipinski definition) is 1. The SMILES string of the molecule is C=CC(=O)OCC(C)O.Cc1ccccc1. The molecule has 0 aliphatic rings. The van der Waals surface area contributed by atoms with Crippen molar-refractivity contribution in [2.75, 3.05) is 6.61 Å². The quantitative estimate of drug-likeness (QED) is 0.629. The first-order valence-corrected chi connectivity index (χ1v) is 5.05. The van der Waals surface area contributed by atoms with Gasteiger partial charge in [-0.3, -0.25) is 0 Å². The number of rotatable bonds is 3. The molecule has 0 aromatic heterocycles. The Balaban J connectivity index is 0.000000288. The lowest BCUT2D eigenvalue weighted by Gasteiger charge is -2.02. The minimum Gasteiger partial charge on any atom is -0.460 e. The number of aryl methyl sites for hydroxylation is 1. The van der Waals surface area contributed by atoms with Crippen molar-refractivity contribution in [2.24, 2.45) is 0 Å². The van der Waals surface area contributed by atoms with Crippen molar-refractivity contribution in [1.29, 1.82) is 0 Å². The third kappa shape index (κ3) is 8.97. The minimum atomic E-state index is -0.603. The Kier molecular flexibility index (Phi) is 7.81. The van der Waals surface area contributed by atoms with Crippen molar-refractivity contribution >= 4 is 5.97 Å². The maximum absolute atomic E-state index is 10.3. The Labute approximate surface area is 96.4 Å². The number of aliphatic hydroxyl groups is 1. The van der Waals surface area contributed by atoms with Crippen LogP contribution in [0, 0.1) is 6.92 Å². The monoisotopic (exact) mass is 222 g/mol. The van der Waals surface area contributed by atoms with Crippen LogP contribution in [0.25, 0.3) is 0 Å². The van der Waals surface area contributed by atoms with Crippen LogP contribution in [0.4, 0.5) is 0 Å². The van der Waals surface area contributed by atoms with Crippen molar-refractivity contribution in [3.8, 4) is 0 Å². The van der Waals surface area contributed by atoms with Crippen LogP contribution >= 0.6 is 0 Å². The molecular weight excluding hydrogens is 204 g/mol. The van der Waals surface area contributed by atoms with Crippen molar-refractivity contribution < 1.29 is 14.6 Å². The summed E-state index contributed by atoms with van der Waals surface area (Å²) >= 11 is 0. The highest BCUT2D eigenvalue weighted by Gasteiger charge is 1.98. The highest BCUT2D eigenvalue weighted by molar-refractivity contribution is 5.81. The summed E-state index contributed by atoms with van der Waals surface area (Å²) in [6.07, 6.45) is 0.455. The summed E-state index contributed by atoms with van der Waals surface area (Å²) in [6, 6.07) is 10.3. The van der Waals surface area contributed by atoms with Crippen LogP contribution in [-0.2, 0) is 9.53 Å². The fraction of sp³-hybridized carbons (Fsp3) is 0.308. The van der Waals surface area contributed by atoms with E-state index in [0.29, 0.717) is 0 Å². The summed E-state index contributed by atoms with van der Waals surface area (Å²) in [5.74, 6) is -0.504. The fourth-order valence-corrected chi connectivity index (χ4v) is 0.796. The molecular formula is C13H18O3. The molecule has 3 nitrogen and oxygen atoms in total. The standard InChI is InChI=1S/C7H8.C6H10O3/c1-7-5-3-2-4-6-7;1-3-6(8)9-4-5(2)7/h2-6H,1H3;3,5,7H,1,4H2,2H3. The highest BCUT2D eigenvalue weighted by Crippen LogP contribution is 1.92. The second-order valence-electron chi connectivity index (χ2n) is 3.34. The van der Waals surface area contributed by atoms with Gasteiger partial charge in [0.15, 0.2) is 0 Å². The minimum absolute atomic E-state index is 0.0326. The van der Waals surface area contributed by atoms with Crippen molar-refractivity contribution in [3.05, 3.63) is 48.6 Å². The van der Waals surface area contributed by atoms with Crippen LogP contribution in [0.5, 0.6) is 0 Å². The predicted molar refractivity (Wildman–Crippen MR) is 64.0 cm³/mol. The number of hydrogen-bond acceptors (Lipinski definition) is 3. The van der Waals surface area contributed by atoms with Gasteiger partial charge in [0.25, 0.3) is 0 Å². The molecule has 0 saturated carbocycles.